The van der Waals surface area contributed by atoms with Crippen LogP contribution in [0.5, 0.6) is 0 Å². The highest BCUT2D eigenvalue weighted by molar-refractivity contribution is 6.31. The number of rotatable bonds is 6. The molecule has 0 fully saturated rings. The number of amides is 1. The van der Waals surface area contributed by atoms with Gasteiger partial charge in [-0.05, 0) is 21.9 Å². The maximum atomic E-state index is 11.6. The van der Waals surface area contributed by atoms with Crippen molar-refractivity contribution in [3.63, 3.8) is 0 Å². The Hall–Kier alpha value is -1.83. The van der Waals surface area contributed by atoms with Crippen LogP contribution in [0.2, 0.25) is 5.02 Å². The minimum atomic E-state index is -0.414. The smallest absolute Gasteiger partial charge is 0.277 e. The second-order valence-electron chi connectivity index (χ2n) is 4.02. The molecule has 9 heteroatoms. The molecule has 7 nitrogen and oxygen atoms in total. The number of anilines is 1. The lowest BCUT2D eigenvalue weighted by atomic mass is 10.2. The van der Waals surface area contributed by atoms with Crippen LogP contribution < -0.4 is 16.4 Å². The first-order chi connectivity index (χ1) is 9.68. The van der Waals surface area contributed by atoms with E-state index in [4.69, 9.17) is 17.3 Å². The molecule has 2 rings (SSSR count). The monoisotopic (exact) mass is 331 g/mol. The number of benzene rings is 1. The van der Waals surface area contributed by atoms with E-state index in [2.05, 4.69) is 25.6 Å². The lowest BCUT2D eigenvalue weighted by Gasteiger charge is -2.07. The maximum Gasteiger partial charge on any atom is 0.277 e. The van der Waals surface area contributed by atoms with E-state index >= 15 is 0 Å². The van der Waals surface area contributed by atoms with Crippen LogP contribution in [0.3, 0.4) is 0 Å². The molecule has 1 aromatic carbocycles. The van der Waals surface area contributed by atoms with Crippen molar-refractivity contribution < 1.29 is 9.42 Å². The Morgan fingerprint density at radius 2 is 2.05 bits per heavy atom. The first-order valence-electron chi connectivity index (χ1n) is 5.99. The van der Waals surface area contributed by atoms with Crippen LogP contribution in [-0.2, 0) is 6.54 Å². The fourth-order valence-corrected chi connectivity index (χ4v) is 1.77. The normalized spacial score (nSPS) is 9.95. The van der Waals surface area contributed by atoms with Gasteiger partial charge in [-0.1, -0.05) is 29.8 Å². The fraction of sp³-hybridized carbons (Fsp3) is 0.250. The largest absolute Gasteiger partial charge is 0.379 e. The van der Waals surface area contributed by atoms with E-state index in [0.29, 0.717) is 24.7 Å². The third-order valence-electron chi connectivity index (χ3n) is 2.59. The summed E-state index contributed by atoms with van der Waals surface area (Å²) in [7, 11) is 0. The van der Waals surface area contributed by atoms with Crippen LogP contribution in [0.4, 0.5) is 5.82 Å². The average molecular weight is 332 g/mol. The summed E-state index contributed by atoms with van der Waals surface area (Å²) in [6, 6.07) is 7.57. The van der Waals surface area contributed by atoms with Gasteiger partial charge < -0.3 is 16.4 Å². The van der Waals surface area contributed by atoms with Gasteiger partial charge in [0.05, 0.1) is 0 Å². The zero-order valence-corrected chi connectivity index (χ0v) is 12.6. The second kappa shape index (κ2) is 8.46. The minimum Gasteiger partial charge on any atom is -0.379 e. The molecule has 0 saturated heterocycles. The molecule has 0 aliphatic rings. The average Bonchev–Trinajstić information content (AvgIpc) is 2.86. The number of carbonyl (C=O) groups excluding carboxylic acids is 1. The summed E-state index contributed by atoms with van der Waals surface area (Å²) in [6.45, 7) is 1.64. The van der Waals surface area contributed by atoms with E-state index in [9.17, 15) is 4.79 Å². The quantitative estimate of drug-likeness (QED) is 0.688. The van der Waals surface area contributed by atoms with E-state index in [1.807, 2.05) is 24.3 Å². The number of nitrogens with zero attached hydrogens (tertiary/aromatic N) is 2. The Balaban J connectivity index is 0.00000220. The van der Waals surface area contributed by atoms with E-state index in [1.165, 1.54) is 0 Å². The molecule has 0 saturated carbocycles. The molecule has 1 aromatic heterocycles. The number of hydrogen-bond donors (Lipinski definition) is 3. The lowest BCUT2D eigenvalue weighted by Crippen LogP contribution is -2.32. The van der Waals surface area contributed by atoms with Gasteiger partial charge in [0.25, 0.3) is 5.91 Å². The third kappa shape index (κ3) is 4.89. The highest BCUT2D eigenvalue weighted by Crippen LogP contribution is 2.13. The van der Waals surface area contributed by atoms with Crippen LogP contribution >= 0.6 is 24.0 Å². The molecule has 114 valence electrons. The highest BCUT2D eigenvalue weighted by atomic mass is 35.5. The van der Waals surface area contributed by atoms with Gasteiger partial charge in [-0.3, -0.25) is 4.79 Å². The van der Waals surface area contributed by atoms with Gasteiger partial charge >= 0.3 is 0 Å². The van der Waals surface area contributed by atoms with Crippen molar-refractivity contribution >= 4 is 35.7 Å². The van der Waals surface area contributed by atoms with Crippen molar-refractivity contribution in [2.24, 2.45) is 0 Å². The topological polar surface area (TPSA) is 106 Å². The molecule has 4 N–H and O–H groups in total. The molecule has 0 radical (unpaired) electrons. The molecule has 0 aliphatic carbocycles. The molecule has 2 aromatic rings. The van der Waals surface area contributed by atoms with E-state index in [-0.39, 0.29) is 23.9 Å². The van der Waals surface area contributed by atoms with Crippen LogP contribution in [0.1, 0.15) is 16.1 Å². The molecular formula is C12H15Cl2N5O2. The second-order valence-corrected chi connectivity index (χ2v) is 4.43. The first kappa shape index (κ1) is 17.2. The summed E-state index contributed by atoms with van der Waals surface area (Å²) < 4.78 is 4.35. The number of halogens is 2. The number of hydrogen-bond acceptors (Lipinski definition) is 6. The molecule has 0 spiro atoms. The Morgan fingerprint density at radius 3 is 2.71 bits per heavy atom. The van der Waals surface area contributed by atoms with Gasteiger partial charge in [0.1, 0.15) is 0 Å². The summed E-state index contributed by atoms with van der Waals surface area (Å²) in [6.07, 6.45) is 0. The maximum absolute atomic E-state index is 11.6. The zero-order valence-electron chi connectivity index (χ0n) is 11.0. The van der Waals surface area contributed by atoms with Gasteiger partial charge in [-0.15, -0.1) is 12.4 Å². The predicted octanol–water partition coefficient (Wildman–Crippen LogP) is 1.25. The molecule has 1 amide bonds. The summed E-state index contributed by atoms with van der Waals surface area (Å²) in [5, 5.41) is 13.3. The number of carbonyl (C=O) groups is 1. The lowest BCUT2D eigenvalue weighted by molar-refractivity contribution is 0.0944. The minimum absolute atomic E-state index is 0. The molecule has 0 aliphatic heterocycles. The Morgan fingerprint density at radius 1 is 1.29 bits per heavy atom. The number of nitrogens with two attached hydrogens (primary N) is 1. The predicted molar refractivity (Wildman–Crippen MR) is 81.5 cm³/mol. The molecular weight excluding hydrogens is 317 g/mol. The fourth-order valence-electron chi connectivity index (χ4n) is 1.57. The van der Waals surface area contributed by atoms with Crippen molar-refractivity contribution in [3.8, 4) is 0 Å². The molecule has 0 bridgehead atoms. The first-order valence-corrected chi connectivity index (χ1v) is 6.36. The third-order valence-corrected chi connectivity index (χ3v) is 2.96. The molecule has 0 unspecified atom stereocenters. The standard InChI is InChI=1S/C12H14ClN5O2.ClH/c13-9-4-2-1-3-8(9)7-15-5-6-16-12(19)10-11(14)18-20-17-10;/h1-4,15H,5-7H2,(H2,14,18)(H,16,19);1H. The Kier molecular flexibility index (Phi) is 6.93. The Labute approximate surface area is 132 Å². The Bertz CT molecular complexity index is 591. The molecule has 21 heavy (non-hydrogen) atoms. The van der Waals surface area contributed by atoms with Crippen LogP contribution in [0.15, 0.2) is 28.9 Å². The SMILES string of the molecule is Cl.Nc1nonc1C(=O)NCCNCc1ccccc1Cl. The van der Waals surface area contributed by atoms with E-state index in [0.717, 1.165) is 5.56 Å². The van der Waals surface area contributed by atoms with Crippen LogP contribution in [0, 0.1) is 0 Å². The van der Waals surface area contributed by atoms with Gasteiger partial charge in [0.15, 0.2) is 0 Å². The summed E-state index contributed by atoms with van der Waals surface area (Å²) >= 11 is 6.02. The van der Waals surface area contributed by atoms with E-state index < -0.39 is 5.91 Å². The van der Waals surface area contributed by atoms with Gasteiger partial charge in [-0.25, -0.2) is 4.63 Å². The highest BCUT2D eigenvalue weighted by Gasteiger charge is 2.14. The van der Waals surface area contributed by atoms with E-state index in [1.54, 1.807) is 0 Å². The van der Waals surface area contributed by atoms with Crippen molar-refractivity contribution in [3.05, 3.63) is 40.5 Å². The molecule has 0 atom stereocenters. The number of aromatic nitrogens is 2. The number of nitrogen functional groups attached to an aromatic ring is 1. The summed E-state index contributed by atoms with van der Waals surface area (Å²) in [5.41, 5.74) is 6.41. The van der Waals surface area contributed by atoms with Crippen LogP contribution in [-0.4, -0.2) is 29.3 Å². The van der Waals surface area contributed by atoms with Gasteiger partial charge in [0.2, 0.25) is 11.5 Å². The number of nitrogens with one attached hydrogen (secondary N) is 2. The zero-order chi connectivity index (χ0) is 14.4. The summed E-state index contributed by atoms with van der Waals surface area (Å²) in [5.74, 6) is -0.435. The van der Waals surface area contributed by atoms with Gasteiger partial charge in [0, 0.05) is 24.7 Å². The van der Waals surface area contributed by atoms with Crippen molar-refractivity contribution in [2.75, 3.05) is 18.8 Å². The van der Waals surface area contributed by atoms with Crippen LogP contribution in [0.25, 0.3) is 0 Å². The van der Waals surface area contributed by atoms with Crippen molar-refractivity contribution in [2.45, 2.75) is 6.54 Å². The van der Waals surface area contributed by atoms with Crippen molar-refractivity contribution in [1.29, 1.82) is 0 Å². The molecule has 1 heterocycles. The summed E-state index contributed by atoms with van der Waals surface area (Å²) in [4.78, 5) is 11.6. The van der Waals surface area contributed by atoms with Crippen molar-refractivity contribution in [1.82, 2.24) is 20.9 Å². The van der Waals surface area contributed by atoms with Gasteiger partial charge in [-0.2, -0.15) is 0 Å².